The van der Waals surface area contributed by atoms with E-state index in [1.807, 2.05) is 12.3 Å². The predicted molar refractivity (Wildman–Crippen MR) is 119 cm³/mol. The van der Waals surface area contributed by atoms with Gasteiger partial charge in [-0.05, 0) is 36.1 Å². The van der Waals surface area contributed by atoms with Gasteiger partial charge in [-0.3, -0.25) is 5.10 Å². The highest BCUT2D eigenvalue weighted by molar-refractivity contribution is 5.91. The summed E-state index contributed by atoms with van der Waals surface area (Å²) in [5.41, 5.74) is 5.04. The molecule has 3 N–H and O–H groups in total. The highest BCUT2D eigenvalue weighted by atomic mass is 16.6. The zero-order valence-electron chi connectivity index (χ0n) is 17.9. The first kappa shape index (κ1) is 19.4. The number of aromatic nitrogens is 5. The van der Waals surface area contributed by atoms with Crippen molar-refractivity contribution in [2.75, 3.05) is 18.5 Å². The van der Waals surface area contributed by atoms with Crippen LogP contribution in [0.1, 0.15) is 38.1 Å². The number of aryl methyl sites for hydroxylation is 1. The van der Waals surface area contributed by atoms with Crippen LogP contribution in [0.2, 0.25) is 0 Å². The maximum absolute atomic E-state index is 5.79. The van der Waals surface area contributed by atoms with Crippen LogP contribution in [-0.2, 0) is 6.42 Å². The number of H-pyrrole nitrogens is 2. The summed E-state index contributed by atoms with van der Waals surface area (Å²) in [5, 5.41) is 11.8. The summed E-state index contributed by atoms with van der Waals surface area (Å²) in [6.07, 6.45) is 4.31. The lowest BCUT2D eigenvalue weighted by Gasteiger charge is -2.26. The second kappa shape index (κ2) is 7.94. The Bertz CT molecular complexity index is 1210. The van der Waals surface area contributed by atoms with Crippen molar-refractivity contribution in [1.82, 2.24) is 25.1 Å². The largest absolute Gasteiger partial charge is 0.486 e. The lowest BCUT2D eigenvalue weighted by atomic mass is 9.95. The molecule has 8 heteroatoms. The Hall–Kier alpha value is -3.55. The van der Waals surface area contributed by atoms with E-state index in [9.17, 15) is 0 Å². The predicted octanol–water partition coefficient (Wildman–Crippen LogP) is 4.49. The molecule has 8 nitrogen and oxygen atoms in total. The Morgan fingerprint density at radius 2 is 1.94 bits per heavy atom. The number of benzene rings is 1. The van der Waals surface area contributed by atoms with E-state index in [-0.39, 0.29) is 6.04 Å². The molecule has 0 amide bonds. The Morgan fingerprint density at radius 3 is 2.74 bits per heavy atom. The highest BCUT2D eigenvalue weighted by Crippen LogP contribution is 2.37. The maximum Gasteiger partial charge on any atom is 0.161 e. The van der Waals surface area contributed by atoms with E-state index in [4.69, 9.17) is 9.47 Å². The van der Waals surface area contributed by atoms with E-state index in [0.717, 1.165) is 57.3 Å². The number of ether oxygens (including phenoxy) is 2. The lowest BCUT2D eigenvalue weighted by molar-refractivity contribution is 0.171. The Kier molecular flexibility index (Phi) is 4.97. The van der Waals surface area contributed by atoms with Crippen molar-refractivity contribution in [2.45, 2.75) is 33.2 Å². The third-order valence-corrected chi connectivity index (χ3v) is 5.67. The molecule has 0 spiro atoms. The SMILES string of the molecule is CCc1[nH]ncc1-c1cc2c(N[C@@H](c3ccc4c(c3)OCCO4)C(C)C)ncnc2[nH]1. The summed E-state index contributed by atoms with van der Waals surface area (Å²) in [6, 6.07) is 8.27. The van der Waals surface area contributed by atoms with Gasteiger partial charge >= 0.3 is 0 Å². The molecule has 4 aromatic rings. The number of fused-ring (bicyclic) bond motifs is 2. The number of nitrogens with zero attached hydrogens (tertiary/aromatic N) is 3. The number of rotatable bonds is 6. The van der Waals surface area contributed by atoms with Crippen molar-refractivity contribution in [3.05, 3.63) is 48.0 Å². The van der Waals surface area contributed by atoms with Crippen LogP contribution in [0.25, 0.3) is 22.3 Å². The van der Waals surface area contributed by atoms with Crippen molar-refractivity contribution in [1.29, 1.82) is 0 Å². The van der Waals surface area contributed by atoms with E-state index >= 15 is 0 Å². The summed E-state index contributed by atoms with van der Waals surface area (Å²) < 4.78 is 11.5. The van der Waals surface area contributed by atoms with Gasteiger partial charge in [-0.15, -0.1) is 0 Å². The zero-order valence-corrected chi connectivity index (χ0v) is 17.9. The second-order valence-electron chi connectivity index (χ2n) is 8.05. The van der Waals surface area contributed by atoms with Crippen molar-refractivity contribution < 1.29 is 9.47 Å². The van der Waals surface area contributed by atoms with Crippen LogP contribution >= 0.6 is 0 Å². The molecular weight excluding hydrogens is 392 g/mol. The monoisotopic (exact) mass is 418 g/mol. The molecule has 4 heterocycles. The van der Waals surface area contributed by atoms with Gasteiger partial charge in [0.1, 0.15) is 31.0 Å². The molecule has 0 aliphatic carbocycles. The van der Waals surface area contributed by atoms with Crippen molar-refractivity contribution in [3.63, 3.8) is 0 Å². The van der Waals surface area contributed by atoms with Gasteiger partial charge < -0.3 is 19.8 Å². The van der Waals surface area contributed by atoms with Crippen LogP contribution in [0.15, 0.2) is 36.8 Å². The number of hydrogen-bond donors (Lipinski definition) is 3. The molecule has 31 heavy (non-hydrogen) atoms. The molecule has 1 atom stereocenters. The van der Waals surface area contributed by atoms with E-state index in [1.165, 1.54) is 0 Å². The zero-order chi connectivity index (χ0) is 21.4. The Balaban J connectivity index is 1.51. The molecule has 160 valence electrons. The number of hydrogen-bond acceptors (Lipinski definition) is 6. The van der Waals surface area contributed by atoms with E-state index in [2.05, 4.69) is 69.4 Å². The Morgan fingerprint density at radius 1 is 1.10 bits per heavy atom. The summed E-state index contributed by atoms with van der Waals surface area (Å²) in [7, 11) is 0. The van der Waals surface area contributed by atoms with Gasteiger partial charge in [0.15, 0.2) is 11.5 Å². The summed E-state index contributed by atoms with van der Waals surface area (Å²) >= 11 is 0. The van der Waals surface area contributed by atoms with Gasteiger partial charge in [0.25, 0.3) is 0 Å². The van der Waals surface area contributed by atoms with Gasteiger partial charge in [-0.1, -0.05) is 26.8 Å². The fourth-order valence-electron chi connectivity index (χ4n) is 4.05. The molecule has 0 fully saturated rings. The number of aromatic amines is 2. The van der Waals surface area contributed by atoms with Crippen LogP contribution in [-0.4, -0.2) is 38.4 Å². The molecule has 1 aromatic carbocycles. The van der Waals surface area contributed by atoms with Gasteiger partial charge in [-0.25, -0.2) is 9.97 Å². The van der Waals surface area contributed by atoms with Crippen molar-refractivity contribution in [2.24, 2.45) is 5.92 Å². The minimum Gasteiger partial charge on any atom is -0.486 e. The van der Waals surface area contributed by atoms with Crippen molar-refractivity contribution >= 4 is 16.9 Å². The number of anilines is 1. The summed E-state index contributed by atoms with van der Waals surface area (Å²) in [5.74, 6) is 2.71. The minimum absolute atomic E-state index is 0.0485. The molecule has 0 saturated carbocycles. The standard InChI is InChI=1S/C23H26N6O2/c1-4-17-16(11-26-29-17)18-10-15-22(27-18)24-12-25-23(15)28-21(13(2)3)14-5-6-19-20(9-14)31-8-7-30-19/h5-6,9-13,21H,4,7-8H2,1-3H3,(H,26,29)(H2,24,25,27,28)/t21-/m1/s1. The molecule has 3 aromatic heterocycles. The average Bonchev–Trinajstić information content (AvgIpc) is 3.43. The molecule has 1 aliphatic heterocycles. The molecule has 5 rings (SSSR count). The first-order chi connectivity index (χ1) is 15.1. The van der Waals surface area contributed by atoms with E-state index < -0.39 is 0 Å². The number of nitrogens with one attached hydrogen (secondary N) is 3. The molecular formula is C23H26N6O2. The van der Waals surface area contributed by atoms with Crippen LogP contribution in [0, 0.1) is 5.92 Å². The fourth-order valence-corrected chi connectivity index (χ4v) is 4.05. The van der Waals surface area contributed by atoms with Crippen molar-refractivity contribution in [3.8, 4) is 22.8 Å². The maximum atomic E-state index is 5.79. The first-order valence-electron chi connectivity index (χ1n) is 10.7. The first-order valence-corrected chi connectivity index (χ1v) is 10.7. The summed E-state index contributed by atoms with van der Waals surface area (Å²) in [6.45, 7) is 7.64. The van der Waals surface area contributed by atoms with Crippen LogP contribution in [0.5, 0.6) is 11.5 Å². The van der Waals surface area contributed by atoms with Crippen LogP contribution in [0.4, 0.5) is 5.82 Å². The average molecular weight is 419 g/mol. The third-order valence-electron chi connectivity index (χ3n) is 5.67. The molecule has 0 unspecified atom stereocenters. The quantitative estimate of drug-likeness (QED) is 0.426. The Labute approximate surface area is 180 Å². The normalized spacial score (nSPS) is 14.2. The van der Waals surface area contributed by atoms with Gasteiger partial charge in [0.2, 0.25) is 0 Å². The fraction of sp³-hybridized carbons (Fsp3) is 0.348. The molecule has 0 saturated heterocycles. The smallest absolute Gasteiger partial charge is 0.161 e. The molecule has 0 radical (unpaired) electrons. The second-order valence-corrected chi connectivity index (χ2v) is 8.05. The minimum atomic E-state index is 0.0485. The molecule has 0 bridgehead atoms. The van der Waals surface area contributed by atoms with Crippen LogP contribution in [0.3, 0.4) is 0 Å². The summed E-state index contributed by atoms with van der Waals surface area (Å²) in [4.78, 5) is 12.4. The topological polar surface area (TPSA) is 101 Å². The van der Waals surface area contributed by atoms with Gasteiger partial charge in [0, 0.05) is 11.3 Å². The van der Waals surface area contributed by atoms with Crippen LogP contribution < -0.4 is 14.8 Å². The van der Waals surface area contributed by atoms with Gasteiger partial charge in [-0.2, -0.15) is 5.10 Å². The van der Waals surface area contributed by atoms with E-state index in [0.29, 0.717) is 19.1 Å². The van der Waals surface area contributed by atoms with E-state index in [1.54, 1.807) is 6.33 Å². The molecule has 1 aliphatic rings. The van der Waals surface area contributed by atoms with Gasteiger partial charge in [0.05, 0.1) is 23.3 Å². The third kappa shape index (κ3) is 3.58. The highest BCUT2D eigenvalue weighted by Gasteiger charge is 2.22. The lowest BCUT2D eigenvalue weighted by Crippen LogP contribution is -2.19.